The lowest BCUT2D eigenvalue weighted by Gasteiger charge is -2.22. The Bertz CT molecular complexity index is 940. The molecule has 0 saturated carbocycles. The Morgan fingerprint density at radius 3 is 2.65 bits per heavy atom. The SMILES string of the molecule is C[C@H](C(=O)Cc1cc2cc(-c3cnn(C)c3)ccc2cn1)N1CCCC1. The minimum atomic E-state index is -0.0169. The van der Waals surface area contributed by atoms with Gasteiger partial charge in [-0.1, -0.05) is 12.1 Å². The van der Waals surface area contributed by atoms with Crippen molar-refractivity contribution < 1.29 is 4.79 Å². The Labute approximate surface area is 153 Å². The molecule has 5 nitrogen and oxygen atoms in total. The van der Waals surface area contributed by atoms with Crippen LogP contribution in [-0.2, 0) is 18.3 Å². The molecule has 5 heteroatoms. The number of nitrogens with zero attached hydrogens (tertiary/aromatic N) is 4. The molecule has 134 valence electrons. The standard InChI is InChI=1S/C21H24N4O/c1-15(25-7-3-4-8-25)21(26)11-20-10-18-9-16(5-6-17(18)12-22-20)19-13-23-24(2)14-19/h5-6,9-10,12-15H,3-4,7-8,11H2,1-2H3/t15-/m1/s1. The van der Waals surface area contributed by atoms with Crippen molar-refractivity contribution in [3.8, 4) is 11.1 Å². The molecule has 1 aromatic carbocycles. The molecule has 1 aliphatic heterocycles. The van der Waals surface area contributed by atoms with Gasteiger partial charge in [0, 0.05) is 36.1 Å². The summed E-state index contributed by atoms with van der Waals surface area (Å²) in [5.41, 5.74) is 3.06. The Morgan fingerprint density at radius 2 is 1.92 bits per heavy atom. The van der Waals surface area contributed by atoms with Crippen LogP contribution in [0.1, 0.15) is 25.5 Å². The van der Waals surface area contributed by atoms with Crippen LogP contribution in [0.15, 0.2) is 42.9 Å². The first-order valence-electron chi connectivity index (χ1n) is 9.24. The first-order chi connectivity index (χ1) is 12.6. The molecule has 0 spiro atoms. The molecule has 1 fully saturated rings. The summed E-state index contributed by atoms with van der Waals surface area (Å²) in [6, 6.07) is 8.33. The Hall–Kier alpha value is -2.53. The number of fused-ring (bicyclic) bond motifs is 1. The predicted molar refractivity (Wildman–Crippen MR) is 103 cm³/mol. The molecule has 0 bridgehead atoms. The fourth-order valence-electron chi connectivity index (χ4n) is 3.69. The summed E-state index contributed by atoms with van der Waals surface area (Å²) in [5, 5.41) is 6.44. The maximum atomic E-state index is 12.6. The Morgan fingerprint density at radius 1 is 1.12 bits per heavy atom. The van der Waals surface area contributed by atoms with Crippen LogP contribution in [0.2, 0.25) is 0 Å². The lowest BCUT2D eigenvalue weighted by atomic mass is 10.0. The van der Waals surface area contributed by atoms with E-state index in [4.69, 9.17) is 0 Å². The van der Waals surface area contributed by atoms with E-state index in [-0.39, 0.29) is 11.8 Å². The van der Waals surface area contributed by atoms with Gasteiger partial charge in [0.2, 0.25) is 0 Å². The Kier molecular flexibility index (Phi) is 4.55. The highest BCUT2D eigenvalue weighted by atomic mass is 16.1. The fraction of sp³-hybridized carbons (Fsp3) is 0.381. The lowest BCUT2D eigenvalue weighted by molar-refractivity contribution is -0.122. The molecule has 1 saturated heterocycles. The summed E-state index contributed by atoms with van der Waals surface area (Å²) in [7, 11) is 1.92. The van der Waals surface area contributed by atoms with E-state index in [1.54, 1.807) is 4.68 Å². The van der Waals surface area contributed by atoms with Crippen LogP contribution in [0.3, 0.4) is 0 Å². The second-order valence-corrected chi connectivity index (χ2v) is 7.20. The number of aryl methyl sites for hydroxylation is 1. The minimum Gasteiger partial charge on any atom is -0.298 e. The van der Waals surface area contributed by atoms with Crippen molar-refractivity contribution >= 4 is 16.6 Å². The maximum Gasteiger partial charge on any atom is 0.155 e. The van der Waals surface area contributed by atoms with E-state index in [9.17, 15) is 4.79 Å². The van der Waals surface area contributed by atoms with E-state index in [1.165, 1.54) is 12.8 Å². The van der Waals surface area contributed by atoms with Crippen molar-refractivity contribution in [2.45, 2.75) is 32.2 Å². The molecule has 3 aromatic rings. The monoisotopic (exact) mass is 348 g/mol. The van der Waals surface area contributed by atoms with Gasteiger partial charge in [0.1, 0.15) is 0 Å². The van der Waals surface area contributed by atoms with Gasteiger partial charge in [-0.2, -0.15) is 5.10 Å². The van der Waals surface area contributed by atoms with Gasteiger partial charge in [0.25, 0.3) is 0 Å². The quantitative estimate of drug-likeness (QED) is 0.710. The largest absolute Gasteiger partial charge is 0.298 e. The zero-order valence-corrected chi connectivity index (χ0v) is 15.4. The van der Waals surface area contributed by atoms with Crippen molar-refractivity contribution in [2.75, 3.05) is 13.1 Å². The van der Waals surface area contributed by atoms with Crippen molar-refractivity contribution in [1.29, 1.82) is 0 Å². The number of likely N-dealkylation sites (tertiary alicyclic amines) is 1. The number of aromatic nitrogens is 3. The van der Waals surface area contributed by atoms with Gasteiger partial charge in [-0.3, -0.25) is 19.4 Å². The topological polar surface area (TPSA) is 51.0 Å². The molecule has 26 heavy (non-hydrogen) atoms. The molecule has 0 unspecified atom stereocenters. The highest BCUT2D eigenvalue weighted by molar-refractivity contribution is 5.89. The minimum absolute atomic E-state index is 0.0169. The van der Waals surface area contributed by atoms with Gasteiger partial charge < -0.3 is 0 Å². The fourth-order valence-corrected chi connectivity index (χ4v) is 3.69. The molecular formula is C21H24N4O. The van der Waals surface area contributed by atoms with Gasteiger partial charge >= 0.3 is 0 Å². The molecule has 0 radical (unpaired) electrons. The van der Waals surface area contributed by atoms with Crippen molar-refractivity contribution in [3.05, 3.63) is 48.5 Å². The van der Waals surface area contributed by atoms with Gasteiger partial charge in [-0.15, -0.1) is 0 Å². The van der Waals surface area contributed by atoms with Crippen LogP contribution in [-0.4, -0.2) is 44.6 Å². The summed E-state index contributed by atoms with van der Waals surface area (Å²) in [6.45, 7) is 4.09. The van der Waals surface area contributed by atoms with Crippen molar-refractivity contribution in [2.24, 2.45) is 7.05 Å². The number of rotatable bonds is 5. The molecule has 2 aromatic heterocycles. The van der Waals surface area contributed by atoms with Gasteiger partial charge in [0.15, 0.2) is 5.78 Å². The third kappa shape index (κ3) is 3.40. The second kappa shape index (κ2) is 7.00. The zero-order valence-electron chi connectivity index (χ0n) is 15.4. The van der Waals surface area contributed by atoms with Crippen LogP contribution in [0, 0.1) is 0 Å². The number of benzene rings is 1. The van der Waals surface area contributed by atoms with E-state index < -0.39 is 0 Å². The highest BCUT2D eigenvalue weighted by Gasteiger charge is 2.24. The molecule has 3 heterocycles. The van der Waals surface area contributed by atoms with Crippen LogP contribution in [0.5, 0.6) is 0 Å². The van der Waals surface area contributed by atoms with Gasteiger partial charge in [0.05, 0.1) is 18.7 Å². The summed E-state index contributed by atoms with van der Waals surface area (Å²) >= 11 is 0. The second-order valence-electron chi connectivity index (χ2n) is 7.20. The smallest absolute Gasteiger partial charge is 0.155 e. The summed E-state index contributed by atoms with van der Waals surface area (Å²) in [6.07, 6.45) is 8.52. The van der Waals surface area contributed by atoms with Crippen molar-refractivity contribution in [1.82, 2.24) is 19.7 Å². The normalized spacial score (nSPS) is 16.2. The van der Waals surface area contributed by atoms with Gasteiger partial charge in [-0.05, 0) is 55.9 Å². The lowest BCUT2D eigenvalue weighted by Crippen LogP contribution is -2.37. The summed E-state index contributed by atoms with van der Waals surface area (Å²) in [5.74, 6) is 0.252. The van der Waals surface area contributed by atoms with E-state index in [0.717, 1.165) is 40.7 Å². The predicted octanol–water partition coefficient (Wildman–Crippen LogP) is 3.23. The van der Waals surface area contributed by atoms with Crippen LogP contribution >= 0.6 is 0 Å². The molecule has 4 rings (SSSR count). The number of carbonyl (C=O) groups excluding carboxylic acids is 1. The number of ketones is 1. The molecule has 0 amide bonds. The summed E-state index contributed by atoms with van der Waals surface area (Å²) in [4.78, 5) is 19.4. The highest BCUT2D eigenvalue weighted by Crippen LogP contribution is 2.24. The number of carbonyl (C=O) groups is 1. The average molecular weight is 348 g/mol. The van der Waals surface area contributed by atoms with Crippen LogP contribution < -0.4 is 0 Å². The average Bonchev–Trinajstić information content (AvgIpc) is 3.32. The van der Waals surface area contributed by atoms with E-state index in [2.05, 4.69) is 33.2 Å². The molecular weight excluding hydrogens is 324 g/mol. The van der Waals surface area contributed by atoms with E-state index in [0.29, 0.717) is 6.42 Å². The van der Waals surface area contributed by atoms with Crippen LogP contribution in [0.25, 0.3) is 21.9 Å². The third-order valence-electron chi connectivity index (χ3n) is 5.33. The number of Topliss-reactive ketones (excluding diaryl/α,β-unsaturated/α-hetero) is 1. The number of hydrogen-bond acceptors (Lipinski definition) is 4. The first-order valence-corrected chi connectivity index (χ1v) is 9.24. The van der Waals surface area contributed by atoms with E-state index in [1.807, 2.05) is 38.6 Å². The maximum absolute atomic E-state index is 12.6. The molecule has 0 N–H and O–H groups in total. The third-order valence-corrected chi connectivity index (χ3v) is 5.33. The molecule has 1 aliphatic rings. The number of pyridine rings is 1. The van der Waals surface area contributed by atoms with Gasteiger partial charge in [-0.25, -0.2) is 0 Å². The van der Waals surface area contributed by atoms with Crippen molar-refractivity contribution in [3.63, 3.8) is 0 Å². The molecule has 1 atom stereocenters. The molecule has 0 aliphatic carbocycles. The number of hydrogen-bond donors (Lipinski definition) is 0. The van der Waals surface area contributed by atoms with E-state index >= 15 is 0 Å². The first kappa shape index (κ1) is 16.9. The van der Waals surface area contributed by atoms with Crippen LogP contribution in [0.4, 0.5) is 0 Å². The zero-order chi connectivity index (χ0) is 18.1. The Balaban J connectivity index is 1.57. The summed E-state index contributed by atoms with van der Waals surface area (Å²) < 4.78 is 1.80.